The van der Waals surface area contributed by atoms with E-state index in [0.717, 1.165) is 16.5 Å². The highest BCUT2D eigenvalue weighted by atomic mass is 127. The average molecular weight is 296 g/mol. The van der Waals surface area contributed by atoms with Crippen molar-refractivity contribution < 1.29 is 4.74 Å². The van der Waals surface area contributed by atoms with Crippen LogP contribution >= 0.6 is 34.2 Å². The molecular formula is C8H7ClINO. The van der Waals surface area contributed by atoms with Gasteiger partial charge in [-0.1, -0.05) is 11.6 Å². The Labute approximate surface area is 89.4 Å². The molecule has 1 aliphatic rings. The second-order valence-electron chi connectivity index (χ2n) is 2.74. The summed E-state index contributed by atoms with van der Waals surface area (Å²) in [5.41, 5.74) is 0. The Morgan fingerprint density at radius 3 is 2.83 bits per heavy atom. The number of rotatable bonds is 2. The largest absolute Gasteiger partial charge is 0.487 e. The van der Waals surface area contributed by atoms with Gasteiger partial charge in [-0.15, -0.1) is 0 Å². The van der Waals surface area contributed by atoms with Crippen LogP contribution in [-0.4, -0.2) is 11.1 Å². The molecule has 2 rings (SSSR count). The van der Waals surface area contributed by atoms with E-state index in [2.05, 4.69) is 27.6 Å². The molecule has 1 aromatic heterocycles. The standard InChI is InChI=1S/C8H7ClINO/c9-8-6(12-5-1-2-5)3-4-7(10)11-8/h3-5H,1-2H2. The molecule has 0 aliphatic heterocycles. The van der Waals surface area contributed by atoms with E-state index in [1.54, 1.807) is 0 Å². The molecule has 0 saturated heterocycles. The number of nitrogens with zero attached hydrogens (tertiary/aromatic N) is 1. The number of halogens is 2. The van der Waals surface area contributed by atoms with Crippen molar-refractivity contribution in [3.8, 4) is 5.75 Å². The first-order valence-corrected chi connectivity index (χ1v) is 5.20. The Morgan fingerprint density at radius 1 is 1.50 bits per heavy atom. The third-order valence-electron chi connectivity index (χ3n) is 1.60. The fourth-order valence-electron chi connectivity index (χ4n) is 0.853. The van der Waals surface area contributed by atoms with E-state index in [1.807, 2.05) is 12.1 Å². The highest BCUT2D eigenvalue weighted by Gasteiger charge is 2.24. The van der Waals surface area contributed by atoms with Crippen molar-refractivity contribution >= 4 is 34.2 Å². The molecule has 0 aromatic carbocycles. The molecule has 0 radical (unpaired) electrons. The van der Waals surface area contributed by atoms with E-state index in [-0.39, 0.29) is 0 Å². The summed E-state index contributed by atoms with van der Waals surface area (Å²) in [7, 11) is 0. The number of pyridine rings is 1. The smallest absolute Gasteiger partial charge is 0.172 e. The predicted octanol–water partition coefficient (Wildman–Crippen LogP) is 2.88. The van der Waals surface area contributed by atoms with Gasteiger partial charge in [-0.3, -0.25) is 0 Å². The van der Waals surface area contributed by atoms with Gasteiger partial charge in [0, 0.05) is 0 Å². The molecule has 0 unspecified atom stereocenters. The fourth-order valence-corrected chi connectivity index (χ4v) is 1.61. The van der Waals surface area contributed by atoms with Gasteiger partial charge in [0.1, 0.15) is 3.70 Å². The summed E-state index contributed by atoms with van der Waals surface area (Å²) in [6, 6.07) is 3.76. The predicted molar refractivity (Wildman–Crippen MR) is 55.6 cm³/mol. The maximum atomic E-state index is 5.86. The fraction of sp³-hybridized carbons (Fsp3) is 0.375. The second-order valence-corrected chi connectivity index (χ2v) is 4.20. The van der Waals surface area contributed by atoms with Crippen molar-refractivity contribution in [1.82, 2.24) is 4.98 Å². The van der Waals surface area contributed by atoms with E-state index < -0.39 is 0 Å². The molecule has 0 atom stereocenters. The molecule has 1 fully saturated rings. The van der Waals surface area contributed by atoms with E-state index in [0.29, 0.717) is 17.0 Å². The molecule has 0 spiro atoms. The minimum atomic E-state index is 0.379. The van der Waals surface area contributed by atoms with E-state index in [4.69, 9.17) is 16.3 Å². The van der Waals surface area contributed by atoms with E-state index in [1.165, 1.54) is 0 Å². The summed E-state index contributed by atoms with van der Waals surface area (Å²) in [5.74, 6) is 0.708. The summed E-state index contributed by atoms with van der Waals surface area (Å²) in [4.78, 5) is 4.08. The lowest BCUT2D eigenvalue weighted by Gasteiger charge is -2.04. The van der Waals surface area contributed by atoms with Crippen LogP contribution in [0.3, 0.4) is 0 Å². The van der Waals surface area contributed by atoms with Crippen LogP contribution in [0.15, 0.2) is 12.1 Å². The lowest BCUT2D eigenvalue weighted by Crippen LogP contribution is -1.97. The molecule has 0 amide bonds. The highest BCUT2D eigenvalue weighted by Crippen LogP contribution is 2.30. The summed E-state index contributed by atoms with van der Waals surface area (Å²) in [5, 5.41) is 0.466. The Morgan fingerprint density at radius 2 is 2.25 bits per heavy atom. The zero-order valence-corrected chi connectivity index (χ0v) is 9.17. The Hall–Kier alpha value is -0.0300. The van der Waals surface area contributed by atoms with Crippen molar-refractivity contribution in [2.45, 2.75) is 18.9 Å². The highest BCUT2D eigenvalue weighted by molar-refractivity contribution is 14.1. The SMILES string of the molecule is Clc1nc(I)ccc1OC1CC1. The van der Waals surface area contributed by atoms with Crippen LogP contribution in [0, 0.1) is 3.70 Å². The average Bonchev–Trinajstić information content (AvgIpc) is 2.79. The van der Waals surface area contributed by atoms with Crippen LogP contribution in [-0.2, 0) is 0 Å². The number of ether oxygens (including phenoxy) is 1. The lowest BCUT2D eigenvalue weighted by atomic mass is 10.5. The van der Waals surface area contributed by atoms with Crippen molar-refractivity contribution in [3.63, 3.8) is 0 Å². The quantitative estimate of drug-likeness (QED) is 0.618. The minimum absolute atomic E-state index is 0.379. The molecule has 2 nitrogen and oxygen atoms in total. The number of hydrogen-bond acceptors (Lipinski definition) is 2. The first kappa shape index (κ1) is 8.56. The van der Waals surface area contributed by atoms with Gasteiger partial charge in [-0.25, -0.2) is 4.98 Å². The summed E-state index contributed by atoms with van der Waals surface area (Å²) < 4.78 is 6.40. The van der Waals surface area contributed by atoms with Gasteiger partial charge in [-0.05, 0) is 47.6 Å². The van der Waals surface area contributed by atoms with Gasteiger partial charge in [-0.2, -0.15) is 0 Å². The number of hydrogen-bond donors (Lipinski definition) is 0. The minimum Gasteiger partial charge on any atom is -0.487 e. The third kappa shape index (κ3) is 2.01. The van der Waals surface area contributed by atoms with Crippen molar-refractivity contribution in [2.24, 2.45) is 0 Å². The van der Waals surface area contributed by atoms with Crippen molar-refractivity contribution in [3.05, 3.63) is 21.0 Å². The molecule has 4 heteroatoms. The molecule has 1 aliphatic carbocycles. The van der Waals surface area contributed by atoms with Crippen LogP contribution in [0.5, 0.6) is 5.75 Å². The van der Waals surface area contributed by atoms with Crippen LogP contribution in [0.1, 0.15) is 12.8 Å². The van der Waals surface area contributed by atoms with E-state index in [9.17, 15) is 0 Å². The van der Waals surface area contributed by atoms with Gasteiger partial charge in [0.15, 0.2) is 10.9 Å². The molecule has 1 saturated carbocycles. The van der Waals surface area contributed by atoms with Crippen LogP contribution in [0.2, 0.25) is 5.15 Å². The maximum Gasteiger partial charge on any atom is 0.172 e. The van der Waals surface area contributed by atoms with Crippen molar-refractivity contribution in [2.75, 3.05) is 0 Å². The molecule has 1 heterocycles. The molecule has 0 bridgehead atoms. The summed E-state index contributed by atoms with van der Waals surface area (Å²) in [6.45, 7) is 0. The zero-order valence-electron chi connectivity index (χ0n) is 6.26. The molecule has 12 heavy (non-hydrogen) atoms. The first-order chi connectivity index (χ1) is 5.75. The van der Waals surface area contributed by atoms with Gasteiger partial charge in [0.05, 0.1) is 6.10 Å². The number of aromatic nitrogens is 1. The molecular weight excluding hydrogens is 288 g/mol. The monoisotopic (exact) mass is 295 g/mol. The topological polar surface area (TPSA) is 22.1 Å². The normalized spacial score (nSPS) is 16.2. The molecule has 0 N–H and O–H groups in total. The van der Waals surface area contributed by atoms with Gasteiger partial charge in [0.2, 0.25) is 0 Å². The first-order valence-electron chi connectivity index (χ1n) is 3.74. The lowest BCUT2D eigenvalue weighted by molar-refractivity contribution is 0.302. The Kier molecular flexibility index (Phi) is 2.41. The second kappa shape index (κ2) is 3.38. The van der Waals surface area contributed by atoms with Crippen LogP contribution < -0.4 is 4.74 Å². The van der Waals surface area contributed by atoms with Gasteiger partial charge < -0.3 is 4.74 Å². The molecule has 1 aromatic rings. The van der Waals surface area contributed by atoms with Crippen LogP contribution in [0.25, 0.3) is 0 Å². The van der Waals surface area contributed by atoms with Crippen LogP contribution in [0.4, 0.5) is 0 Å². The zero-order chi connectivity index (χ0) is 8.55. The Balaban J connectivity index is 2.18. The van der Waals surface area contributed by atoms with E-state index >= 15 is 0 Å². The summed E-state index contributed by atoms with van der Waals surface area (Å²) >= 11 is 7.98. The maximum absolute atomic E-state index is 5.86. The summed E-state index contributed by atoms with van der Waals surface area (Å²) in [6.07, 6.45) is 2.66. The van der Waals surface area contributed by atoms with Crippen molar-refractivity contribution in [1.29, 1.82) is 0 Å². The van der Waals surface area contributed by atoms with Gasteiger partial charge >= 0.3 is 0 Å². The van der Waals surface area contributed by atoms with Gasteiger partial charge in [0.25, 0.3) is 0 Å². The third-order valence-corrected chi connectivity index (χ3v) is 2.47. The Bertz CT molecular complexity index is 301. The molecule has 64 valence electrons.